The number of rotatable bonds is 4. The first-order chi connectivity index (χ1) is 9.00. The van der Waals surface area contributed by atoms with Crippen molar-refractivity contribution in [1.29, 1.82) is 0 Å². The van der Waals surface area contributed by atoms with Crippen LogP contribution in [0.15, 0.2) is 35.4 Å². The minimum atomic E-state index is -2.80. The van der Waals surface area contributed by atoms with Crippen LogP contribution >= 0.6 is 0 Å². The van der Waals surface area contributed by atoms with Gasteiger partial charge in [-0.3, -0.25) is 13.9 Å². The van der Waals surface area contributed by atoms with E-state index in [0.717, 1.165) is 23.0 Å². The van der Waals surface area contributed by atoms with E-state index in [0.29, 0.717) is 4.57 Å². The fourth-order valence-electron chi connectivity index (χ4n) is 1.66. The molecule has 0 unspecified atom stereocenters. The summed E-state index contributed by atoms with van der Waals surface area (Å²) < 4.78 is 26.7. The van der Waals surface area contributed by atoms with Crippen molar-refractivity contribution in [2.24, 2.45) is 0 Å². The summed E-state index contributed by atoms with van der Waals surface area (Å²) >= 11 is 0. The molecule has 100 valence electrons. The Morgan fingerprint density at radius 2 is 2.16 bits per heavy atom. The highest BCUT2D eigenvalue weighted by Crippen LogP contribution is 2.13. The van der Waals surface area contributed by atoms with Crippen molar-refractivity contribution in [2.45, 2.75) is 13.1 Å². The van der Waals surface area contributed by atoms with Crippen molar-refractivity contribution < 1.29 is 18.7 Å². The number of hydrogen-bond acceptors (Lipinski definition) is 3. The quantitative estimate of drug-likeness (QED) is 0.904. The van der Waals surface area contributed by atoms with Gasteiger partial charge in [0.25, 0.3) is 5.56 Å². The summed E-state index contributed by atoms with van der Waals surface area (Å²) in [6, 6.07) is 3.67. The third-order valence-corrected chi connectivity index (χ3v) is 2.53. The van der Waals surface area contributed by atoms with Crippen LogP contribution in [0.3, 0.4) is 0 Å². The molecule has 2 heterocycles. The van der Waals surface area contributed by atoms with Crippen LogP contribution in [0.4, 0.5) is 8.78 Å². The van der Waals surface area contributed by atoms with E-state index in [4.69, 9.17) is 5.11 Å². The Bertz CT molecular complexity index is 663. The lowest BCUT2D eigenvalue weighted by atomic mass is 10.3. The predicted molar refractivity (Wildman–Crippen MR) is 60.2 cm³/mol. The number of aromatic carboxylic acids is 1. The van der Waals surface area contributed by atoms with Crippen LogP contribution in [0.1, 0.15) is 22.9 Å². The number of halogens is 2. The van der Waals surface area contributed by atoms with Gasteiger partial charge in [-0.2, -0.15) is 8.78 Å². The number of carboxylic acids is 1. The largest absolute Gasteiger partial charge is 0.477 e. The van der Waals surface area contributed by atoms with Crippen molar-refractivity contribution in [2.75, 3.05) is 0 Å². The van der Waals surface area contributed by atoms with Crippen molar-refractivity contribution in [3.63, 3.8) is 0 Å². The first-order valence-electron chi connectivity index (χ1n) is 5.23. The second kappa shape index (κ2) is 5.01. The lowest BCUT2D eigenvalue weighted by Gasteiger charge is -2.10. The molecule has 19 heavy (non-hydrogen) atoms. The van der Waals surface area contributed by atoms with Crippen LogP contribution in [0.25, 0.3) is 0 Å². The first-order valence-corrected chi connectivity index (χ1v) is 5.23. The van der Waals surface area contributed by atoms with E-state index in [-0.39, 0.29) is 18.1 Å². The molecule has 0 aliphatic heterocycles. The summed E-state index contributed by atoms with van der Waals surface area (Å²) in [4.78, 5) is 26.3. The van der Waals surface area contributed by atoms with Gasteiger partial charge in [-0.05, 0) is 6.07 Å². The maximum atomic E-state index is 12.6. The highest BCUT2D eigenvalue weighted by atomic mass is 19.3. The standard InChI is InChI=1S/C11H9F2N3O3/c12-11(13)15-5-4-14-8(15)6-16-7(10(18)19)2-1-3-9(16)17/h1-5,11H,6H2,(H,18,19). The first kappa shape index (κ1) is 12.9. The Morgan fingerprint density at radius 3 is 2.79 bits per heavy atom. The van der Waals surface area contributed by atoms with Gasteiger partial charge in [0.15, 0.2) is 0 Å². The topological polar surface area (TPSA) is 77.1 Å². The third-order valence-electron chi connectivity index (χ3n) is 2.53. The van der Waals surface area contributed by atoms with Gasteiger partial charge >= 0.3 is 12.5 Å². The summed E-state index contributed by atoms with van der Waals surface area (Å²) in [5, 5.41) is 8.96. The van der Waals surface area contributed by atoms with Crippen molar-refractivity contribution in [3.8, 4) is 0 Å². The molecule has 6 nitrogen and oxygen atoms in total. The smallest absolute Gasteiger partial charge is 0.352 e. The van der Waals surface area contributed by atoms with E-state index < -0.39 is 18.1 Å². The molecule has 0 saturated carbocycles. The monoisotopic (exact) mass is 269 g/mol. The number of aromatic nitrogens is 3. The van der Waals surface area contributed by atoms with Gasteiger partial charge in [-0.1, -0.05) is 6.07 Å². The molecule has 8 heteroatoms. The number of carboxylic acid groups (broad SMARTS) is 1. The number of nitrogens with zero attached hydrogens (tertiary/aromatic N) is 3. The summed E-state index contributed by atoms with van der Waals surface area (Å²) in [7, 11) is 0. The molecule has 0 bridgehead atoms. The summed E-state index contributed by atoms with van der Waals surface area (Å²) in [6.45, 7) is -3.14. The minimum absolute atomic E-state index is 0.0919. The maximum absolute atomic E-state index is 12.6. The van der Waals surface area contributed by atoms with Crippen molar-refractivity contribution >= 4 is 5.97 Å². The summed E-state index contributed by atoms with van der Waals surface area (Å²) in [6.07, 6.45) is 2.23. The zero-order chi connectivity index (χ0) is 14.0. The molecule has 0 spiro atoms. The normalized spacial score (nSPS) is 10.9. The SMILES string of the molecule is O=C(O)c1cccc(=O)n1Cc1nccn1C(F)F. The van der Waals surface area contributed by atoms with Crippen LogP contribution < -0.4 is 5.56 Å². The predicted octanol–water partition coefficient (Wildman–Crippen LogP) is 1.19. The van der Waals surface area contributed by atoms with Crippen LogP contribution in [-0.2, 0) is 6.54 Å². The molecule has 2 aromatic rings. The molecule has 0 saturated heterocycles. The lowest BCUT2D eigenvalue weighted by Crippen LogP contribution is -2.26. The zero-order valence-corrected chi connectivity index (χ0v) is 9.53. The number of carbonyl (C=O) groups is 1. The van der Waals surface area contributed by atoms with Gasteiger partial charge in [0.1, 0.15) is 11.5 Å². The van der Waals surface area contributed by atoms with Gasteiger partial charge in [0, 0.05) is 18.5 Å². The second-order valence-corrected chi connectivity index (χ2v) is 3.67. The summed E-state index contributed by atoms with van der Waals surface area (Å²) in [5.41, 5.74) is -0.875. The Hall–Kier alpha value is -2.51. The van der Waals surface area contributed by atoms with Gasteiger partial charge in [0.2, 0.25) is 0 Å². The number of alkyl halides is 2. The van der Waals surface area contributed by atoms with Gasteiger partial charge in [-0.15, -0.1) is 0 Å². The third kappa shape index (κ3) is 2.51. The Labute approximate surface area is 105 Å². The molecule has 0 aliphatic carbocycles. The van der Waals surface area contributed by atoms with E-state index in [1.54, 1.807) is 0 Å². The van der Waals surface area contributed by atoms with E-state index >= 15 is 0 Å². The molecular weight excluding hydrogens is 260 g/mol. The van der Waals surface area contributed by atoms with Crippen LogP contribution in [-0.4, -0.2) is 25.2 Å². The fourth-order valence-corrected chi connectivity index (χ4v) is 1.66. The highest BCUT2D eigenvalue weighted by Gasteiger charge is 2.16. The molecule has 0 radical (unpaired) electrons. The molecule has 2 aromatic heterocycles. The van der Waals surface area contributed by atoms with Gasteiger partial charge in [-0.25, -0.2) is 9.78 Å². The average Bonchev–Trinajstić information content (AvgIpc) is 2.79. The Morgan fingerprint density at radius 1 is 1.42 bits per heavy atom. The Kier molecular flexibility index (Phi) is 3.41. The molecule has 0 fully saturated rings. The molecule has 0 aromatic carbocycles. The zero-order valence-electron chi connectivity index (χ0n) is 9.53. The van der Waals surface area contributed by atoms with Crippen molar-refractivity contribution in [1.82, 2.24) is 14.1 Å². The van der Waals surface area contributed by atoms with Gasteiger partial charge in [0.05, 0.1) is 6.54 Å². The highest BCUT2D eigenvalue weighted by molar-refractivity contribution is 5.85. The second-order valence-electron chi connectivity index (χ2n) is 3.67. The summed E-state index contributed by atoms with van der Waals surface area (Å²) in [5.74, 6) is -1.40. The molecule has 2 rings (SSSR count). The van der Waals surface area contributed by atoms with E-state index in [1.807, 2.05) is 0 Å². The van der Waals surface area contributed by atoms with Crippen LogP contribution in [0.2, 0.25) is 0 Å². The molecular formula is C11H9F2N3O3. The molecule has 0 atom stereocenters. The molecule has 0 amide bonds. The minimum Gasteiger partial charge on any atom is -0.477 e. The molecule has 0 aliphatic rings. The average molecular weight is 269 g/mol. The van der Waals surface area contributed by atoms with Crippen LogP contribution in [0, 0.1) is 0 Å². The van der Waals surface area contributed by atoms with Crippen LogP contribution in [0.5, 0.6) is 0 Å². The van der Waals surface area contributed by atoms with Gasteiger partial charge < -0.3 is 5.11 Å². The van der Waals surface area contributed by atoms with E-state index in [1.165, 1.54) is 12.1 Å². The van der Waals surface area contributed by atoms with E-state index in [2.05, 4.69) is 4.98 Å². The lowest BCUT2D eigenvalue weighted by molar-refractivity contribution is 0.0662. The van der Waals surface area contributed by atoms with Crippen molar-refractivity contribution in [3.05, 3.63) is 52.5 Å². The fraction of sp³-hybridized carbons (Fsp3) is 0.182. The van der Waals surface area contributed by atoms with E-state index in [9.17, 15) is 18.4 Å². The maximum Gasteiger partial charge on any atom is 0.352 e. The molecule has 1 N–H and O–H groups in total. The number of hydrogen-bond donors (Lipinski definition) is 1. The number of imidazole rings is 1. The number of pyridine rings is 1. The Balaban J connectivity index is 2.46.